The van der Waals surface area contributed by atoms with E-state index in [1.165, 1.54) is 0 Å². The van der Waals surface area contributed by atoms with Crippen molar-refractivity contribution in [3.05, 3.63) is 12.2 Å². The van der Waals surface area contributed by atoms with Gasteiger partial charge in [-0.2, -0.15) is 0 Å². The lowest BCUT2D eigenvalue weighted by atomic mass is 9.88. The number of hydrogen-bond acceptors (Lipinski definition) is 2. The van der Waals surface area contributed by atoms with Gasteiger partial charge in [0.25, 0.3) is 0 Å². The second-order valence-corrected chi connectivity index (χ2v) is 11.5. The van der Waals surface area contributed by atoms with Crippen molar-refractivity contribution in [3.8, 4) is 0 Å². The molecule has 0 aliphatic carbocycles. The Morgan fingerprint density at radius 1 is 1.12 bits per heavy atom. The van der Waals surface area contributed by atoms with Crippen LogP contribution in [0.3, 0.4) is 0 Å². The minimum Gasteiger partial charge on any atom is -0.410 e. The lowest BCUT2D eigenvalue weighted by molar-refractivity contribution is -0.118. The zero-order chi connectivity index (χ0) is 13.9. The molecule has 0 saturated heterocycles. The van der Waals surface area contributed by atoms with E-state index in [9.17, 15) is 4.79 Å². The van der Waals surface area contributed by atoms with Gasteiger partial charge in [0.1, 0.15) is 6.29 Å². The molecular formula is C14H28O2Si. The third-order valence-electron chi connectivity index (χ3n) is 3.63. The van der Waals surface area contributed by atoms with E-state index in [0.717, 1.165) is 6.29 Å². The third kappa shape index (κ3) is 4.40. The normalized spacial score (nSPS) is 16.2. The minimum absolute atomic E-state index is 0.133. The van der Waals surface area contributed by atoms with Crippen LogP contribution < -0.4 is 0 Å². The molecule has 1 atom stereocenters. The topological polar surface area (TPSA) is 26.3 Å². The summed E-state index contributed by atoms with van der Waals surface area (Å²) in [5.74, 6) is 0. The van der Waals surface area contributed by atoms with Crippen LogP contribution in [0, 0.1) is 5.41 Å². The molecule has 0 amide bonds. The average molecular weight is 256 g/mol. The van der Waals surface area contributed by atoms with E-state index in [1.807, 2.05) is 32.9 Å². The highest BCUT2D eigenvalue weighted by Crippen LogP contribution is 2.39. The fraction of sp³-hybridized carbons (Fsp3) is 0.786. The van der Waals surface area contributed by atoms with Crippen molar-refractivity contribution in [1.29, 1.82) is 0 Å². The quantitative estimate of drug-likeness (QED) is 0.419. The first-order chi connectivity index (χ1) is 7.48. The molecule has 1 unspecified atom stereocenters. The van der Waals surface area contributed by atoms with E-state index in [1.54, 1.807) is 0 Å². The standard InChI is InChI=1S/C14H28O2Si/c1-9-10-12(14(5,6)11-15)16-17(7,8)13(2,3)4/h9-12H,1-8H3/b10-9+. The Balaban J connectivity index is 5.09. The fourth-order valence-corrected chi connectivity index (χ4v) is 2.55. The Kier molecular flexibility index (Phi) is 5.35. The first-order valence-corrected chi connectivity index (χ1v) is 9.16. The molecule has 0 aliphatic rings. The molecule has 0 saturated carbocycles. The van der Waals surface area contributed by atoms with Gasteiger partial charge in [-0.05, 0) is 25.1 Å². The molecule has 0 rings (SSSR count). The van der Waals surface area contributed by atoms with Gasteiger partial charge in [-0.1, -0.05) is 46.8 Å². The van der Waals surface area contributed by atoms with Crippen LogP contribution in [0.25, 0.3) is 0 Å². The first-order valence-electron chi connectivity index (χ1n) is 6.25. The van der Waals surface area contributed by atoms with Crippen LogP contribution in [0.2, 0.25) is 18.1 Å². The van der Waals surface area contributed by atoms with E-state index >= 15 is 0 Å². The predicted molar refractivity (Wildman–Crippen MR) is 76.7 cm³/mol. The molecule has 0 fully saturated rings. The summed E-state index contributed by atoms with van der Waals surface area (Å²) < 4.78 is 6.32. The maximum Gasteiger partial charge on any atom is 0.192 e. The van der Waals surface area contributed by atoms with E-state index in [0.29, 0.717) is 0 Å². The Morgan fingerprint density at radius 3 is 1.88 bits per heavy atom. The third-order valence-corrected chi connectivity index (χ3v) is 8.09. The molecule has 0 aromatic heterocycles. The molecule has 3 heteroatoms. The lowest BCUT2D eigenvalue weighted by Gasteiger charge is -2.41. The number of hydrogen-bond donors (Lipinski definition) is 0. The van der Waals surface area contributed by atoms with E-state index in [4.69, 9.17) is 4.43 Å². The van der Waals surface area contributed by atoms with Gasteiger partial charge in [0.15, 0.2) is 8.32 Å². The summed E-state index contributed by atoms with van der Waals surface area (Å²) >= 11 is 0. The molecule has 0 spiro atoms. The van der Waals surface area contributed by atoms with Crippen LogP contribution in [-0.2, 0) is 9.22 Å². The second-order valence-electron chi connectivity index (χ2n) is 6.76. The van der Waals surface area contributed by atoms with Crippen LogP contribution in [-0.4, -0.2) is 20.7 Å². The van der Waals surface area contributed by atoms with E-state index < -0.39 is 13.7 Å². The average Bonchev–Trinajstić information content (AvgIpc) is 2.15. The van der Waals surface area contributed by atoms with E-state index in [2.05, 4.69) is 33.9 Å². The van der Waals surface area contributed by atoms with Crippen LogP contribution in [0.1, 0.15) is 41.5 Å². The molecule has 2 nitrogen and oxygen atoms in total. The van der Waals surface area contributed by atoms with Crippen LogP contribution in [0.15, 0.2) is 12.2 Å². The number of rotatable bonds is 5. The predicted octanol–water partition coefficient (Wildman–Crippen LogP) is 4.18. The van der Waals surface area contributed by atoms with Gasteiger partial charge >= 0.3 is 0 Å². The molecule has 0 aromatic rings. The van der Waals surface area contributed by atoms with Crippen molar-refractivity contribution in [2.75, 3.05) is 0 Å². The van der Waals surface area contributed by atoms with Gasteiger partial charge in [-0.15, -0.1) is 0 Å². The highest BCUT2D eigenvalue weighted by atomic mass is 28.4. The van der Waals surface area contributed by atoms with Gasteiger partial charge in [0, 0.05) is 5.41 Å². The summed E-state index contributed by atoms with van der Waals surface area (Å²) in [6, 6.07) is 0. The largest absolute Gasteiger partial charge is 0.410 e. The Hall–Kier alpha value is -0.413. The zero-order valence-corrected chi connectivity index (χ0v) is 13.6. The van der Waals surface area contributed by atoms with E-state index in [-0.39, 0.29) is 11.1 Å². The van der Waals surface area contributed by atoms with Crippen LogP contribution >= 0.6 is 0 Å². The number of carbonyl (C=O) groups is 1. The maximum absolute atomic E-state index is 11.2. The van der Waals surface area contributed by atoms with Crippen LogP contribution in [0.5, 0.6) is 0 Å². The zero-order valence-electron chi connectivity index (χ0n) is 12.6. The monoisotopic (exact) mass is 256 g/mol. The second kappa shape index (κ2) is 5.49. The van der Waals surface area contributed by atoms with Crippen molar-refractivity contribution in [1.82, 2.24) is 0 Å². The van der Waals surface area contributed by atoms with Gasteiger partial charge < -0.3 is 9.22 Å². The molecular weight excluding hydrogens is 228 g/mol. The number of aldehydes is 1. The SMILES string of the molecule is C/C=C/C(O[Si](C)(C)C(C)(C)C)C(C)(C)C=O. The van der Waals surface area contributed by atoms with Gasteiger partial charge in [0.05, 0.1) is 6.10 Å². The molecule has 0 aliphatic heterocycles. The van der Waals surface area contributed by atoms with Crippen molar-refractivity contribution in [2.24, 2.45) is 5.41 Å². The summed E-state index contributed by atoms with van der Waals surface area (Å²) in [6.45, 7) is 16.9. The summed E-state index contributed by atoms with van der Waals surface area (Å²) in [5, 5.41) is 0.159. The molecule has 0 aromatic carbocycles. The summed E-state index contributed by atoms with van der Waals surface area (Å²) in [4.78, 5) is 11.2. The lowest BCUT2D eigenvalue weighted by Crippen LogP contribution is -2.47. The Labute approximate surface area is 108 Å². The van der Waals surface area contributed by atoms with Crippen LogP contribution in [0.4, 0.5) is 0 Å². The molecule has 100 valence electrons. The fourth-order valence-electron chi connectivity index (χ4n) is 1.18. The molecule has 0 radical (unpaired) electrons. The smallest absolute Gasteiger partial charge is 0.192 e. The van der Waals surface area contributed by atoms with Gasteiger partial charge in [-0.3, -0.25) is 0 Å². The number of carbonyl (C=O) groups excluding carboxylic acids is 1. The van der Waals surface area contributed by atoms with Crippen molar-refractivity contribution in [2.45, 2.75) is 65.8 Å². The summed E-state index contributed by atoms with van der Waals surface area (Å²) in [7, 11) is -1.84. The highest BCUT2D eigenvalue weighted by molar-refractivity contribution is 6.74. The Bertz CT molecular complexity index is 285. The van der Waals surface area contributed by atoms with Crippen molar-refractivity contribution in [3.63, 3.8) is 0 Å². The first kappa shape index (κ1) is 16.6. The van der Waals surface area contributed by atoms with Gasteiger partial charge in [-0.25, -0.2) is 0 Å². The van der Waals surface area contributed by atoms with Gasteiger partial charge in [0.2, 0.25) is 0 Å². The summed E-state index contributed by atoms with van der Waals surface area (Å²) in [5.41, 5.74) is -0.470. The maximum atomic E-state index is 11.2. The molecule has 0 N–H and O–H groups in total. The minimum atomic E-state index is -1.84. The molecule has 0 bridgehead atoms. The molecule has 17 heavy (non-hydrogen) atoms. The summed E-state index contributed by atoms with van der Waals surface area (Å²) in [6.07, 6.45) is 4.81. The number of allylic oxidation sites excluding steroid dienone is 1. The molecule has 0 heterocycles. The van der Waals surface area contributed by atoms with Crippen molar-refractivity contribution >= 4 is 14.6 Å². The highest BCUT2D eigenvalue weighted by Gasteiger charge is 2.41. The van der Waals surface area contributed by atoms with Crippen molar-refractivity contribution < 1.29 is 9.22 Å². The Morgan fingerprint density at radius 2 is 1.59 bits per heavy atom.